The number of hydrogen-bond acceptors (Lipinski definition) is 5. The van der Waals surface area contributed by atoms with Crippen molar-refractivity contribution in [3.8, 4) is 5.69 Å². The molecule has 2 aromatic carbocycles. The van der Waals surface area contributed by atoms with E-state index in [2.05, 4.69) is 22.2 Å². The molecule has 0 saturated carbocycles. The molecule has 1 aromatic heterocycles. The zero-order chi connectivity index (χ0) is 21.8. The Balaban J connectivity index is 1.35. The second-order valence-electron chi connectivity index (χ2n) is 8.06. The average Bonchev–Trinajstić information content (AvgIpc) is 3.27. The minimum Gasteiger partial charge on any atom is -0.322 e. The number of nitrogens with one attached hydrogen (secondary N) is 1. The fourth-order valence-electron chi connectivity index (χ4n) is 3.68. The number of likely N-dealkylation sites (tertiary alicyclic amines) is 1. The third kappa shape index (κ3) is 5.16. The molecular formula is C23H25N5O3. The van der Waals surface area contributed by atoms with Crippen molar-refractivity contribution in [2.24, 2.45) is 5.92 Å². The molecule has 0 aliphatic carbocycles. The largest absolute Gasteiger partial charge is 0.322 e. The first-order chi connectivity index (χ1) is 15.0. The molecule has 1 amide bonds. The van der Waals surface area contributed by atoms with Gasteiger partial charge in [0.15, 0.2) is 0 Å². The fraction of sp³-hybridized carbons (Fsp3) is 0.304. The molecule has 1 fully saturated rings. The first-order valence-electron chi connectivity index (χ1n) is 10.4. The molecule has 1 N–H and O–H groups in total. The smallest absolute Gasteiger partial charge is 0.269 e. The number of aromatic nitrogens is 2. The number of rotatable bonds is 6. The number of non-ortho nitro benzene ring substituents is 1. The summed E-state index contributed by atoms with van der Waals surface area (Å²) in [6, 6.07) is 13.9. The van der Waals surface area contributed by atoms with E-state index in [1.807, 2.05) is 24.3 Å². The summed E-state index contributed by atoms with van der Waals surface area (Å²) in [5.74, 6) is 0.560. The van der Waals surface area contributed by atoms with Gasteiger partial charge in [-0.2, -0.15) is 5.10 Å². The molecule has 8 nitrogen and oxygen atoms in total. The normalized spacial score (nSPS) is 15.0. The number of piperidine rings is 1. The number of benzene rings is 2. The number of carbonyl (C=O) groups excluding carboxylic acids is 1. The van der Waals surface area contributed by atoms with Gasteiger partial charge in [-0.05, 0) is 61.7 Å². The van der Waals surface area contributed by atoms with E-state index in [4.69, 9.17) is 0 Å². The molecule has 0 atom stereocenters. The van der Waals surface area contributed by atoms with Gasteiger partial charge in [-0.3, -0.25) is 19.8 Å². The van der Waals surface area contributed by atoms with Crippen LogP contribution in [0, 0.1) is 16.0 Å². The van der Waals surface area contributed by atoms with E-state index >= 15 is 0 Å². The van der Waals surface area contributed by atoms with Crippen molar-refractivity contribution in [3.05, 3.63) is 82.2 Å². The first kappa shape index (κ1) is 20.7. The van der Waals surface area contributed by atoms with Gasteiger partial charge in [0.1, 0.15) is 0 Å². The summed E-state index contributed by atoms with van der Waals surface area (Å²) >= 11 is 0. The predicted octanol–water partition coefficient (Wildman–Crippen LogP) is 4.26. The second-order valence-corrected chi connectivity index (χ2v) is 8.06. The summed E-state index contributed by atoms with van der Waals surface area (Å²) in [6.45, 7) is 5.52. The first-order valence-corrected chi connectivity index (χ1v) is 10.4. The minimum absolute atomic E-state index is 0.00663. The molecule has 8 heteroatoms. The van der Waals surface area contributed by atoms with Crippen LogP contribution in [0.1, 0.15) is 35.7 Å². The van der Waals surface area contributed by atoms with Crippen LogP contribution in [0.25, 0.3) is 5.69 Å². The van der Waals surface area contributed by atoms with Crippen molar-refractivity contribution < 1.29 is 9.72 Å². The fourth-order valence-corrected chi connectivity index (χ4v) is 3.68. The summed E-state index contributed by atoms with van der Waals surface area (Å²) in [4.78, 5) is 25.4. The van der Waals surface area contributed by atoms with Crippen LogP contribution in [0.5, 0.6) is 0 Å². The Bertz CT molecular complexity index is 1050. The average molecular weight is 419 g/mol. The monoisotopic (exact) mass is 419 g/mol. The van der Waals surface area contributed by atoms with Gasteiger partial charge < -0.3 is 5.32 Å². The Kier molecular flexibility index (Phi) is 6.08. The number of amides is 1. The van der Waals surface area contributed by atoms with Crippen molar-refractivity contribution in [3.63, 3.8) is 0 Å². The summed E-state index contributed by atoms with van der Waals surface area (Å²) in [5.41, 5.74) is 3.01. The van der Waals surface area contributed by atoms with E-state index in [1.165, 1.54) is 41.4 Å². The summed E-state index contributed by atoms with van der Waals surface area (Å²) in [5, 5.41) is 17.9. The zero-order valence-electron chi connectivity index (χ0n) is 17.4. The second kappa shape index (κ2) is 9.09. The van der Waals surface area contributed by atoms with Crippen LogP contribution in [-0.2, 0) is 6.54 Å². The van der Waals surface area contributed by atoms with Gasteiger partial charge in [-0.15, -0.1) is 0 Å². The quantitative estimate of drug-likeness (QED) is 0.476. The van der Waals surface area contributed by atoms with Crippen molar-refractivity contribution in [2.45, 2.75) is 26.3 Å². The number of hydrogen-bond donors (Lipinski definition) is 1. The van der Waals surface area contributed by atoms with Crippen molar-refractivity contribution >= 4 is 17.3 Å². The lowest BCUT2D eigenvalue weighted by atomic mass is 9.99. The number of carbonyl (C=O) groups is 1. The molecular weight excluding hydrogens is 394 g/mol. The van der Waals surface area contributed by atoms with E-state index in [0.29, 0.717) is 11.3 Å². The maximum Gasteiger partial charge on any atom is 0.269 e. The van der Waals surface area contributed by atoms with E-state index in [0.717, 1.165) is 31.2 Å². The lowest BCUT2D eigenvalue weighted by molar-refractivity contribution is -0.384. The molecule has 0 bridgehead atoms. The topological polar surface area (TPSA) is 93.3 Å². The molecule has 4 rings (SSSR count). The highest BCUT2D eigenvalue weighted by molar-refractivity contribution is 6.04. The molecule has 0 radical (unpaired) electrons. The minimum atomic E-state index is -0.454. The molecule has 1 aliphatic rings. The van der Waals surface area contributed by atoms with Gasteiger partial charge in [-0.1, -0.05) is 19.1 Å². The Hall–Kier alpha value is -3.52. The van der Waals surface area contributed by atoms with Crippen LogP contribution in [0.15, 0.2) is 60.9 Å². The number of nitro benzene ring substituents is 1. The molecule has 160 valence electrons. The van der Waals surface area contributed by atoms with Gasteiger partial charge in [0.2, 0.25) is 0 Å². The Labute approximate surface area is 180 Å². The summed E-state index contributed by atoms with van der Waals surface area (Å²) < 4.78 is 1.52. The molecule has 0 unspecified atom stereocenters. The van der Waals surface area contributed by atoms with Gasteiger partial charge in [0, 0.05) is 30.6 Å². The maximum absolute atomic E-state index is 12.6. The summed E-state index contributed by atoms with van der Waals surface area (Å²) in [7, 11) is 0. The molecule has 1 saturated heterocycles. The number of nitro groups is 1. The van der Waals surface area contributed by atoms with Crippen LogP contribution in [0.3, 0.4) is 0 Å². The third-order valence-corrected chi connectivity index (χ3v) is 5.66. The van der Waals surface area contributed by atoms with Crippen molar-refractivity contribution in [1.82, 2.24) is 14.7 Å². The Morgan fingerprint density at radius 1 is 1.13 bits per heavy atom. The molecule has 2 heterocycles. The highest BCUT2D eigenvalue weighted by atomic mass is 16.6. The SMILES string of the molecule is CC1CCN(Cc2ccc(NC(=O)c3cnn(-c4ccc([N+](=O)[O-])cc4)c3)cc2)CC1. The van der Waals surface area contributed by atoms with Crippen molar-refractivity contribution in [2.75, 3.05) is 18.4 Å². The molecule has 0 spiro atoms. The lowest BCUT2D eigenvalue weighted by Gasteiger charge is -2.30. The summed E-state index contributed by atoms with van der Waals surface area (Å²) in [6.07, 6.45) is 5.58. The Morgan fingerprint density at radius 2 is 1.81 bits per heavy atom. The highest BCUT2D eigenvalue weighted by Gasteiger charge is 2.16. The number of anilines is 1. The standard InChI is InChI=1S/C23H25N5O3/c1-17-10-12-26(13-11-17)15-18-2-4-20(5-3-18)25-23(29)19-14-24-27(16-19)21-6-8-22(9-7-21)28(30)31/h2-9,14,16-17H,10-13,15H2,1H3,(H,25,29). The van der Waals surface area contributed by atoms with Gasteiger partial charge in [0.05, 0.1) is 22.4 Å². The van der Waals surface area contributed by atoms with Crippen LogP contribution in [0.4, 0.5) is 11.4 Å². The van der Waals surface area contributed by atoms with E-state index in [9.17, 15) is 14.9 Å². The Morgan fingerprint density at radius 3 is 2.45 bits per heavy atom. The molecule has 1 aliphatic heterocycles. The van der Waals surface area contributed by atoms with E-state index < -0.39 is 4.92 Å². The van der Waals surface area contributed by atoms with Gasteiger partial charge >= 0.3 is 0 Å². The lowest BCUT2D eigenvalue weighted by Crippen LogP contribution is -2.32. The zero-order valence-corrected chi connectivity index (χ0v) is 17.4. The number of nitrogens with zero attached hydrogens (tertiary/aromatic N) is 4. The maximum atomic E-state index is 12.6. The van der Waals surface area contributed by atoms with Gasteiger partial charge in [-0.25, -0.2) is 4.68 Å². The predicted molar refractivity (Wildman–Crippen MR) is 118 cm³/mol. The van der Waals surface area contributed by atoms with Gasteiger partial charge in [0.25, 0.3) is 11.6 Å². The van der Waals surface area contributed by atoms with Crippen LogP contribution >= 0.6 is 0 Å². The van der Waals surface area contributed by atoms with Crippen LogP contribution < -0.4 is 5.32 Å². The highest BCUT2D eigenvalue weighted by Crippen LogP contribution is 2.20. The van der Waals surface area contributed by atoms with Crippen molar-refractivity contribution in [1.29, 1.82) is 0 Å². The van der Waals surface area contributed by atoms with E-state index in [1.54, 1.807) is 18.3 Å². The molecule has 31 heavy (non-hydrogen) atoms. The van der Waals surface area contributed by atoms with E-state index in [-0.39, 0.29) is 11.6 Å². The third-order valence-electron chi connectivity index (χ3n) is 5.66. The van der Waals surface area contributed by atoms with Crippen LogP contribution in [0.2, 0.25) is 0 Å². The molecule has 3 aromatic rings. The van der Waals surface area contributed by atoms with Crippen LogP contribution in [-0.4, -0.2) is 38.6 Å².